The topological polar surface area (TPSA) is 103 Å². The van der Waals surface area contributed by atoms with E-state index in [1.165, 1.54) is 29.5 Å². The van der Waals surface area contributed by atoms with Crippen LogP contribution in [0.15, 0.2) is 29.6 Å². The van der Waals surface area contributed by atoms with E-state index in [1.54, 1.807) is 4.68 Å². The van der Waals surface area contributed by atoms with E-state index < -0.39 is 10.8 Å². The van der Waals surface area contributed by atoms with E-state index in [-0.39, 0.29) is 16.3 Å². The van der Waals surface area contributed by atoms with Crippen molar-refractivity contribution < 1.29 is 9.72 Å². The molecule has 0 saturated carbocycles. The Kier molecular flexibility index (Phi) is 5.52. The van der Waals surface area contributed by atoms with Gasteiger partial charge in [0.15, 0.2) is 0 Å². The fourth-order valence-corrected chi connectivity index (χ4v) is 3.62. The molecule has 0 saturated heterocycles. The predicted octanol–water partition coefficient (Wildman–Crippen LogP) is 3.48. The van der Waals surface area contributed by atoms with Crippen molar-refractivity contribution in [3.63, 3.8) is 0 Å². The van der Waals surface area contributed by atoms with Crippen molar-refractivity contribution in [1.82, 2.24) is 20.1 Å². The van der Waals surface area contributed by atoms with Gasteiger partial charge in [-0.3, -0.25) is 14.9 Å². The normalized spacial score (nSPS) is 10.8. The molecule has 10 heteroatoms. The second kappa shape index (κ2) is 7.85. The molecule has 0 atom stereocenters. The molecule has 27 heavy (non-hydrogen) atoms. The van der Waals surface area contributed by atoms with Gasteiger partial charge in [0, 0.05) is 35.1 Å². The number of aryl methyl sites for hydroxylation is 2. The lowest BCUT2D eigenvalue weighted by atomic mass is 10.1. The summed E-state index contributed by atoms with van der Waals surface area (Å²) < 4.78 is 1.78. The highest BCUT2D eigenvalue weighted by molar-refractivity contribution is 7.12. The first-order valence-corrected chi connectivity index (χ1v) is 9.31. The lowest BCUT2D eigenvalue weighted by Gasteiger charge is -2.05. The van der Waals surface area contributed by atoms with Crippen LogP contribution in [0.4, 0.5) is 5.69 Å². The number of carbonyl (C=O) groups excluding carboxylic acids is 1. The van der Waals surface area contributed by atoms with Crippen LogP contribution in [-0.4, -0.2) is 32.1 Å². The molecular formula is C17H16ClN5O3S. The zero-order chi connectivity index (χ0) is 19.6. The van der Waals surface area contributed by atoms with Gasteiger partial charge in [0.1, 0.15) is 5.56 Å². The predicted molar refractivity (Wildman–Crippen MR) is 103 cm³/mol. The minimum absolute atomic E-state index is 0.0610. The number of halogens is 1. The van der Waals surface area contributed by atoms with E-state index in [0.29, 0.717) is 13.0 Å². The van der Waals surface area contributed by atoms with Gasteiger partial charge in [0.05, 0.1) is 16.3 Å². The van der Waals surface area contributed by atoms with E-state index in [9.17, 15) is 14.9 Å². The van der Waals surface area contributed by atoms with Gasteiger partial charge in [-0.15, -0.1) is 11.3 Å². The average Bonchev–Trinajstić information content (AvgIpc) is 3.20. The molecule has 1 N–H and O–H groups in total. The summed E-state index contributed by atoms with van der Waals surface area (Å²) in [5, 5.41) is 21.1. The number of nitrogens with zero attached hydrogens (tertiary/aromatic N) is 4. The van der Waals surface area contributed by atoms with Gasteiger partial charge in [0.2, 0.25) is 5.13 Å². The maximum Gasteiger partial charge on any atom is 0.282 e. The number of nitro groups is 1. The summed E-state index contributed by atoms with van der Waals surface area (Å²) >= 11 is 7.32. The van der Waals surface area contributed by atoms with Crippen LogP contribution in [0.1, 0.15) is 27.4 Å². The summed E-state index contributed by atoms with van der Waals surface area (Å²) in [6.07, 6.45) is 0.496. The number of nitrogens with one attached hydrogen (secondary N) is 1. The summed E-state index contributed by atoms with van der Waals surface area (Å²) in [6, 6.07) is 5.86. The number of hydrogen-bond acceptors (Lipinski definition) is 6. The quantitative estimate of drug-likeness (QED) is 0.499. The Morgan fingerprint density at radius 3 is 2.81 bits per heavy atom. The van der Waals surface area contributed by atoms with E-state index in [2.05, 4.69) is 15.4 Å². The first-order valence-electron chi connectivity index (χ1n) is 8.05. The smallest absolute Gasteiger partial charge is 0.282 e. The second-order valence-corrected chi connectivity index (χ2v) is 7.16. The molecule has 0 bridgehead atoms. The van der Waals surface area contributed by atoms with Crippen LogP contribution in [0.5, 0.6) is 0 Å². The Balaban J connectivity index is 1.64. The number of hydrogen-bond donors (Lipinski definition) is 1. The fourth-order valence-electron chi connectivity index (χ4n) is 2.58. The molecule has 8 nitrogen and oxygen atoms in total. The number of benzene rings is 1. The van der Waals surface area contributed by atoms with Gasteiger partial charge in [-0.25, -0.2) is 9.67 Å². The molecule has 0 aliphatic rings. The van der Waals surface area contributed by atoms with E-state index >= 15 is 0 Å². The summed E-state index contributed by atoms with van der Waals surface area (Å²) in [6.45, 7) is 4.17. The molecule has 1 aromatic carbocycles. The number of thiazole rings is 1. The molecule has 0 fully saturated rings. The highest BCUT2D eigenvalue weighted by atomic mass is 35.5. The first kappa shape index (κ1) is 19.0. The summed E-state index contributed by atoms with van der Waals surface area (Å²) in [4.78, 5) is 27.3. The standard InChI is InChI=1S/C17H16ClN5O3S/c1-10-7-11(2)22(21-10)17-20-13(9-27-17)5-6-19-16(24)14-8-12(18)3-4-15(14)23(25)26/h3-4,7-9H,5-6H2,1-2H3,(H,19,24). The van der Waals surface area contributed by atoms with Gasteiger partial charge < -0.3 is 5.32 Å². The lowest BCUT2D eigenvalue weighted by molar-refractivity contribution is -0.385. The van der Waals surface area contributed by atoms with E-state index in [1.807, 2.05) is 25.3 Å². The van der Waals surface area contributed by atoms with Crippen LogP contribution in [-0.2, 0) is 6.42 Å². The molecule has 3 aromatic rings. The molecule has 1 amide bonds. The molecule has 140 valence electrons. The maximum absolute atomic E-state index is 12.3. The van der Waals surface area contributed by atoms with Crippen molar-refractivity contribution in [1.29, 1.82) is 0 Å². The van der Waals surface area contributed by atoms with Crippen molar-refractivity contribution in [2.75, 3.05) is 6.54 Å². The lowest BCUT2D eigenvalue weighted by Crippen LogP contribution is -2.26. The van der Waals surface area contributed by atoms with Crippen molar-refractivity contribution in [3.8, 4) is 5.13 Å². The molecule has 0 spiro atoms. The van der Waals surface area contributed by atoms with Crippen LogP contribution >= 0.6 is 22.9 Å². The molecule has 0 unspecified atom stereocenters. The van der Waals surface area contributed by atoms with Crippen molar-refractivity contribution in [2.45, 2.75) is 20.3 Å². The van der Waals surface area contributed by atoms with E-state index in [4.69, 9.17) is 11.6 Å². The van der Waals surface area contributed by atoms with Crippen molar-refractivity contribution in [3.05, 3.63) is 67.4 Å². The van der Waals surface area contributed by atoms with Gasteiger partial charge in [-0.1, -0.05) is 11.6 Å². The van der Waals surface area contributed by atoms with Gasteiger partial charge in [-0.05, 0) is 32.0 Å². The highest BCUT2D eigenvalue weighted by Crippen LogP contribution is 2.22. The highest BCUT2D eigenvalue weighted by Gasteiger charge is 2.20. The molecule has 2 aromatic heterocycles. The number of nitro benzene ring substituents is 1. The third-order valence-electron chi connectivity index (χ3n) is 3.80. The van der Waals surface area contributed by atoms with E-state index in [0.717, 1.165) is 22.2 Å². The molecular weight excluding hydrogens is 390 g/mol. The number of rotatable bonds is 6. The Labute approximate surface area is 164 Å². The minimum atomic E-state index is -0.605. The first-order chi connectivity index (χ1) is 12.8. The molecule has 0 radical (unpaired) electrons. The Morgan fingerprint density at radius 1 is 1.37 bits per heavy atom. The molecule has 3 rings (SSSR count). The Hall–Kier alpha value is -2.78. The largest absolute Gasteiger partial charge is 0.351 e. The average molecular weight is 406 g/mol. The van der Waals surface area contributed by atoms with Gasteiger partial charge in [-0.2, -0.15) is 5.10 Å². The SMILES string of the molecule is Cc1cc(C)n(-c2nc(CCNC(=O)c3cc(Cl)ccc3[N+](=O)[O-])cs2)n1. The van der Waals surface area contributed by atoms with Crippen LogP contribution < -0.4 is 5.32 Å². The summed E-state index contributed by atoms with van der Waals surface area (Å²) in [5.74, 6) is -0.543. The van der Waals surface area contributed by atoms with Gasteiger partial charge in [0.25, 0.3) is 11.6 Å². The van der Waals surface area contributed by atoms with Crippen LogP contribution in [0.25, 0.3) is 5.13 Å². The minimum Gasteiger partial charge on any atom is -0.351 e. The van der Waals surface area contributed by atoms with Crippen molar-refractivity contribution >= 4 is 34.5 Å². The maximum atomic E-state index is 12.3. The number of carbonyl (C=O) groups is 1. The van der Waals surface area contributed by atoms with Gasteiger partial charge >= 0.3 is 0 Å². The molecule has 0 aliphatic carbocycles. The molecule has 2 heterocycles. The fraction of sp³-hybridized carbons (Fsp3) is 0.235. The monoisotopic (exact) mass is 405 g/mol. The Morgan fingerprint density at radius 2 is 2.15 bits per heavy atom. The Bertz CT molecular complexity index is 1010. The van der Waals surface area contributed by atoms with Crippen LogP contribution in [0.2, 0.25) is 5.02 Å². The third-order valence-corrected chi connectivity index (χ3v) is 4.90. The van der Waals surface area contributed by atoms with Crippen LogP contribution in [0, 0.1) is 24.0 Å². The number of amides is 1. The zero-order valence-electron chi connectivity index (χ0n) is 14.6. The van der Waals surface area contributed by atoms with Crippen LogP contribution in [0.3, 0.4) is 0 Å². The summed E-state index contributed by atoms with van der Waals surface area (Å²) in [5.41, 5.74) is 2.38. The second-order valence-electron chi connectivity index (χ2n) is 5.88. The molecule has 0 aliphatic heterocycles. The summed E-state index contributed by atoms with van der Waals surface area (Å²) in [7, 11) is 0. The number of aromatic nitrogens is 3. The third kappa shape index (κ3) is 4.32. The van der Waals surface area contributed by atoms with Crippen molar-refractivity contribution in [2.24, 2.45) is 0 Å². The zero-order valence-corrected chi connectivity index (χ0v) is 16.2.